The first-order chi connectivity index (χ1) is 19.5. The van der Waals surface area contributed by atoms with E-state index >= 15 is 13.2 Å². The zero-order valence-corrected chi connectivity index (χ0v) is 23.8. The van der Waals surface area contributed by atoms with Crippen LogP contribution in [-0.4, -0.2) is 18.2 Å². The van der Waals surface area contributed by atoms with Gasteiger partial charge in [-0.1, -0.05) is 45.4 Å². The Morgan fingerprint density at radius 2 is 1.80 bits per heavy atom. The molecular formula is C34H35F3O4. The van der Waals surface area contributed by atoms with Crippen LogP contribution in [0.15, 0.2) is 42.5 Å². The fourth-order valence-electron chi connectivity index (χ4n) is 7.90. The normalized spacial score (nSPS) is 25.8. The number of fused-ring (bicyclic) bond motifs is 2. The first-order valence-corrected chi connectivity index (χ1v) is 14.3. The van der Waals surface area contributed by atoms with Crippen molar-refractivity contribution in [3.63, 3.8) is 0 Å². The molecule has 2 saturated carbocycles. The third kappa shape index (κ3) is 4.31. The quantitative estimate of drug-likeness (QED) is 0.314. The van der Waals surface area contributed by atoms with Gasteiger partial charge in [-0.3, -0.25) is 4.79 Å². The van der Waals surface area contributed by atoms with Crippen LogP contribution in [0.1, 0.15) is 74.6 Å². The van der Waals surface area contributed by atoms with E-state index in [1.54, 1.807) is 26.2 Å². The fraction of sp³-hybridized carbons (Fsp3) is 0.441. The molecule has 1 spiro atoms. The Labute approximate surface area is 238 Å². The monoisotopic (exact) mass is 564 g/mol. The minimum absolute atomic E-state index is 0.00868. The summed E-state index contributed by atoms with van der Waals surface area (Å²) < 4.78 is 57.4. The van der Waals surface area contributed by atoms with Crippen LogP contribution in [0.4, 0.5) is 13.2 Å². The van der Waals surface area contributed by atoms with Gasteiger partial charge in [-0.05, 0) is 83.4 Å². The predicted molar refractivity (Wildman–Crippen MR) is 150 cm³/mol. The Kier molecular flexibility index (Phi) is 6.63. The summed E-state index contributed by atoms with van der Waals surface area (Å²) in [7, 11) is 1.55. The number of ether oxygens (including phenoxy) is 2. The molecule has 2 fully saturated rings. The second kappa shape index (κ2) is 9.81. The molecular weight excluding hydrogens is 529 g/mol. The molecule has 0 bridgehead atoms. The summed E-state index contributed by atoms with van der Waals surface area (Å²) in [5.41, 5.74) is 2.56. The summed E-state index contributed by atoms with van der Waals surface area (Å²) in [6.07, 6.45) is 3.81. The summed E-state index contributed by atoms with van der Waals surface area (Å²) in [5.74, 6) is -3.01. The number of carboxylic acids is 1. The van der Waals surface area contributed by atoms with Gasteiger partial charge in [0.25, 0.3) is 0 Å². The largest absolute Gasteiger partial charge is 0.497 e. The molecule has 3 aliphatic carbocycles. The number of benzene rings is 3. The highest BCUT2D eigenvalue weighted by atomic mass is 19.1. The van der Waals surface area contributed by atoms with E-state index in [0.29, 0.717) is 24.2 Å². The van der Waals surface area contributed by atoms with Gasteiger partial charge in [0.15, 0.2) is 11.6 Å². The molecule has 0 saturated heterocycles. The van der Waals surface area contributed by atoms with Crippen LogP contribution in [0.5, 0.6) is 11.5 Å². The molecule has 0 heterocycles. The van der Waals surface area contributed by atoms with E-state index in [0.717, 1.165) is 42.0 Å². The van der Waals surface area contributed by atoms with Gasteiger partial charge < -0.3 is 14.6 Å². The summed E-state index contributed by atoms with van der Waals surface area (Å²) >= 11 is 0. The van der Waals surface area contributed by atoms with Crippen molar-refractivity contribution in [3.8, 4) is 22.6 Å². The van der Waals surface area contributed by atoms with Crippen molar-refractivity contribution in [1.29, 1.82) is 0 Å². The van der Waals surface area contributed by atoms with Gasteiger partial charge in [0.05, 0.1) is 13.0 Å². The molecule has 3 aliphatic rings. The molecule has 4 atom stereocenters. The Morgan fingerprint density at radius 3 is 2.46 bits per heavy atom. The number of methoxy groups -OCH3 is 1. The Morgan fingerprint density at radius 1 is 1.02 bits per heavy atom. The molecule has 6 rings (SSSR count). The number of carbonyl (C=O) groups is 1. The highest BCUT2D eigenvalue weighted by molar-refractivity contribution is 5.79. The van der Waals surface area contributed by atoms with Crippen LogP contribution in [0.25, 0.3) is 11.1 Å². The number of halogens is 3. The minimum atomic E-state index is -0.980. The summed E-state index contributed by atoms with van der Waals surface area (Å²) in [6.45, 7) is 6.22. The van der Waals surface area contributed by atoms with Crippen molar-refractivity contribution >= 4 is 5.97 Å². The number of hydrogen-bond acceptors (Lipinski definition) is 3. The van der Waals surface area contributed by atoms with Gasteiger partial charge >= 0.3 is 5.97 Å². The number of hydrogen-bond donors (Lipinski definition) is 1. The Balaban J connectivity index is 1.35. The zero-order chi connectivity index (χ0) is 29.3. The first kappa shape index (κ1) is 27.7. The molecule has 3 aromatic rings. The van der Waals surface area contributed by atoms with Gasteiger partial charge in [-0.2, -0.15) is 0 Å². The molecule has 3 aromatic carbocycles. The number of rotatable bonds is 7. The van der Waals surface area contributed by atoms with E-state index in [2.05, 4.69) is 13.8 Å². The van der Waals surface area contributed by atoms with Gasteiger partial charge in [-0.25, -0.2) is 13.2 Å². The average molecular weight is 565 g/mol. The lowest BCUT2D eigenvalue weighted by Gasteiger charge is -2.30. The molecule has 0 aromatic heterocycles. The summed E-state index contributed by atoms with van der Waals surface area (Å²) in [4.78, 5) is 11.8. The highest BCUT2D eigenvalue weighted by Gasteiger charge is 2.70. The predicted octanol–water partition coefficient (Wildman–Crippen LogP) is 8.19. The van der Waals surface area contributed by atoms with E-state index < -0.39 is 28.9 Å². The van der Waals surface area contributed by atoms with Crippen molar-refractivity contribution < 1.29 is 32.5 Å². The van der Waals surface area contributed by atoms with Crippen molar-refractivity contribution in [2.75, 3.05) is 7.11 Å². The third-order valence-electron chi connectivity index (χ3n) is 10.2. The van der Waals surface area contributed by atoms with Gasteiger partial charge in [0.1, 0.15) is 24.0 Å². The molecule has 0 unspecified atom stereocenters. The standard InChI is InChI=1S/C34H35F3O4/c1-18-29(32(38)39)34(18)13-11-22-27(36)16-28(31(37)30(22)34)41-17-19-7-9-21(24-15-20(40-4)8-10-26(24)35)23(14-19)25-6-5-12-33(25,2)3/h7-10,14-16,18,25,29H,5-6,11-13,17H2,1-4H3,(H,38,39)/t18-,25-,29+,34+/m0/s1. The van der Waals surface area contributed by atoms with E-state index in [1.165, 1.54) is 6.07 Å². The summed E-state index contributed by atoms with van der Waals surface area (Å²) in [6, 6.07) is 11.5. The van der Waals surface area contributed by atoms with Gasteiger partial charge in [-0.15, -0.1) is 0 Å². The first-order valence-electron chi connectivity index (χ1n) is 14.3. The maximum absolute atomic E-state index is 15.9. The SMILES string of the molecule is COc1ccc(F)c(-c2ccc(COc3cc(F)c4c(c3F)[C@]3(CC4)[C@@H](C)[C@@H]3C(=O)O)cc2[C@@H]2CCCC2(C)C)c1. The van der Waals surface area contributed by atoms with Crippen LogP contribution in [0.2, 0.25) is 0 Å². The lowest BCUT2D eigenvalue weighted by atomic mass is 9.75. The van der Waals surface area contributed by atoms with Crippen LogP contribution < -0.4 is 9.47 Å². The average Bonchev–Trinajstić information content (AvgIpc) is 3.18. The lowest BCUT2D eigenvalue weighted by molar-refractivity contribution is -0.139. The molecule has 0 radical (unpaired) electrons. The van der Waals surface area contributed by atoms with E-state index in [9.17, 15) is 9.90 Å². The molecule has 0 amide bonds. The third-order valence-corrected chi connectivity index (χ3v) is 10.2. The van der Waals surface area contributed by atoms with Crippen LogP contribution in [0, 0.1) is 34.7 Å². The second-order valence-corrected chi connectivity index (χ2v) is 12.7. The van der Waals surface area contributed by atoms with Crippen LogP contribution in [0.3, 0.4) is 0 Å². The van der Waals surface area contributed by atoms with Crippen LogP contribution >= 0.6 is 0 Å². The molecule has 1 N–H and O–H groups in total. The topological polar surface area (TPSA) is 55.8 Å². The van der Waals surface area contributed by atoms with E-state index in [-0.39, 0.29) is 46.6 Å². The van der Waals surface area contributed by atoms with Crippen molar-refractivity contribution in [1.82, 2.24) is 0 Å². The second-order valence-electron chi connectivity index (χ2n) is 12.7. The maximum Gasteiger partial charge on any atom is 0.307 e. The van der Waals surface area contributed by atoms with Crippen LogP contribution in [-0.2, 0) is 23.2 Å². The lowest BCUT2D eigenvalue weighted by Crippen LogP contribution is -2.17. The summed E-state index contributed by atoms with van der Waals surface area (Å²) in [5, 5.41) is 9.68. The fourth-order valence-corrected chi connectivity index (χ4v) is 7.90. The highest BCUT2D eigenvalue weighted by Crippen LogP contribution is 2.67. The van der Waals surface area contributed by atoms with Gasteiger partial charge in [0, 0.05) is 22.6 Å². The Bertz CT molecular complexity index is 1550. The zero-order valence-electron chi connectivity index (χ0n) is 23.8. The van der Waals surface area contributed by atoms with Crippen molar-refractivity contribution in [3.05, 3.63) is 82.2 Å². The number of aliphatic carboxylic acids is 1. The van der Waals surface area contributed by atoms with E-state index in [4.69, 9.17) is 9.47 Å². The molecule has 0 aliphatic heterocycles. The molecule has 216 valence electrons. The minimum Gasteiger partial charge on any atom is -0.497 e. The molecule has 7 heteroatoms. The smallest absolute Gasteiger partial charge is 0.307 e. The number of carboxylic acid groups (broad SMARTS) is 1. The maximum atomic E-state index is 15.9. The van der Waals surface area contributed by atoms with E-state index in [1.807, 2.05) is 18.2 Å². The van der Waals surface area contributed by atoms with Crippen molar-refractivity contribution in [2.45, 2.75) is 70.8 Å². The van der Waals surface area contributed by atoms with Gasteiger partial charge in [0.2, 0.25) is 0 Å². The molecule has 4 nitrogen and oxygen atoms in total. The molecule has 41 heavy (non-hydrogen) atoms. The Hall–Kier alpha value is -3.48. The van der Waals surface area contributed by atoms with Crippen molar-refractivity contribution in [2.24, 2.45) is 17.3 Å².